The molecule has 0 aromatic rings. The number of aliphatic carboxylic acids is 1. The van der Waals surface area contributed by atoms with Crippen molar-refractivity contribution < 1.29 is 19.4 Å². The van der Waals surface area contributed by atoms with Gasteiger partial charge < -0.3 is 20.1 Å². The fourth-order valence-electron chi connectivity index (χ4n) is 1.86. The van der Waals surface area contributed by atoms with Crippen molar-refractivity contribution in [1.29, 1.82) is 0 Å². The van der Waals surface area contributed by atoms with Crippen molar-refractivity contribution in [3.8, 4) is 0 Å². The smallest absolute Gasteiger partial charge is 0.326 e. The van der Waals surface area contributed by atoms with Crippen molar-refractivity contribution >= 4 is 12.0 Å². The number of carboxylic acids is 1. The number of methoxy groups -OCH3 is 1. The van der Waals surface area contributed by atoms with Gasteiger partial charge in [0.1, 0.15) is 6.04 Å². The number of hydrogen-bond donors (Lipinski definition) is 2. The normalized spacial score (nSPS) is 13.9. The Morgan fingerprint density at radius 3 is 2.30 bits per heavy atom. The van der Waals surface area contributed by atoms with Crippen molar-refractivity contribution in [1.82, 2.24) is 10.2 Å². The molecule has 2 N–H and O–H groups in total. The summed E-state index contributed by atoms with van der Waals surface area (Å²) in [6.45, 7) is 8.66. The molecular weight excluding hydrogens is 260 g/mol. The number of nitrogens with zero attached hydrogens (tertiary/aromatic N) is 1. The van der Waals surface area contributed by atoms with Crippen LogP contribution in [0.25, 0.3) is 0 Å². The topological polar surface area (TPSA) is 78.9 Å². The van der Waals surface area contributed by atoms with E-state index >= 15 is 0 Å². The first-order chi connectivity index (χ1) is 9.33. The van der Waals surface area contributed by atoms with Gasteiger partial charge in [-0.2, -0.15) is 0 Å². The van der Waals surface area contributed by atoms with Crippen LogP contribution < -0.4 is 5.32 Å². The van der Waals surface area contributed by atoms with Crippen molar-refractivity contribution in [2.75, 3.05) is 20.3 Å². The second-order valence-corrected chi connectivity index (χ2v) is 5.41. The van der Waals surface area contributed by atoms with Crippen LogP contribution in [0.1, 0.15) is 40.5 Å². The lowest BCUT2D eigenvalue weighted by Gasteiger charge is -2.30. The van der Waals surface area contributed by atoms with Gasteiger partial charge in [0.2, 0.25) is 0 Å². The van der Waals surface area contributed by atoms with E-state index < -0.39 is 12.0 Å². The molecule has 0 aliphatic carbocycles. The number of carbonyl (C=O) groups excluding carboxylic acids is 1. The number of carboxylic acid groups (broad SMARTS) is 1. The van der Waals surface area contributed by atoms with E-state index in [1.165, 1.54) is 0 Å². The van der Waals surface area contributed by atoms with Crippen LogP contribution in [0, 0.1) is 5.92 Å². The van der Waals surface area contributed by atoms with Gasteiger partial charge >= 0.3 is 12.0 Å². The van der Waals surface area contributed by atoms with E-state index in [2.05, 4.69) is 5.32 Å². The van der Waals surface area contributed by atoms with Gasteiger partial charge in [-0.3, -0.25) is 0 Å². The maximum absolute atomic E-state index is 12.2. The lowest BCUT2D eigenvalue weighted by Crippen LogP contribution is -2.51. The number of ether oxygens (including phenoxy) is 1. The Morgan fingerprint density at radius 2 is 1.90 bits per heavy atom. The molecule has 0 fully saturated rings. The summed E-state index contributed by atoms with van der Waals surface area (Å²) < 4.78 is 5.00. The number of urea groups is 1. The predicted molar refractivity (Wildman–Crippen MR) is 77.7 cm³/mol. The summed E-state index contributed by atoms with van der Waals surface area (Å²) in [7, 11) is 1.57. The average molecular weight is 288 g/mol. The van der Waals surface area contributed by atoms with E-state index in [-0.39, 0.29) is 18.0 Å². The molecule has 0 bridgehead atoms. The Hall–Kier alpha value is -1.30. The molecule has 6 heteroatoms. The van der Waals surface area contributed by atoms with Crippen molar-refractivity contribution in [3.63, 3.8) is 0 Å². The molecule has 118 valence electrons. The first-order valence-electron chi connectivity index (χ1n) is 7.12. The van der Waals surface area contributed by atoms with Crippen LogP contribution in [-0.2, 0) is 9.53 Å². The van der Waals surface area contributed by atoms with Gasteiger partial charge in [0.15, 0.2) is 0 Å². The van der Waals surface area contributed by atoms with Crippen molar-refractivity contribution in [3.05, 3.63) is 0 Å². The largest absolute Gasteiger partial charge is 0.480 e. The standard InChI is InChI=1S/C14H28N2O4/c1-6-11(4)16(7-8-20-5)14(19)15-12(13(17)18)9-10(2)3/h10-12H,6-9H2,1-5H3,(H,15,19)(H,17,18)/t11?,12-/m0/s1. The van der Waals surface area contributed by atoms with Crippen LogP contribution >= 0.6 is 0 Å². The fourth-order valence-corrected chi connectivity index (χ4v) is 1.86. The predicted octanol–water partition coefficient (Wildman–Crippen LogP) is 1.94. The van der Waals surface area contributed by atoms with Crippen molar-refractivity contribution in [2.24, 2.45) is 5.92 Å². The Balaban J connectivity index is 4.73. The molecule has 1 unspecified atom stereocenters. The molecule has 0 aromatic heterocycles. The molecule has 2 atom stereocenters. The molecule has 0 saturated heterocycles. The highest BCUT2D eigenvalue weighted by atomic mass is 16.5. The summed E-state index contributed by atoms with van der Waals surface area (Å²) in [6.07, 6.45) is 1.22. The first-order valence-corrected chi connectivity index (χ1v) is 7.12. The van der Waals surface area contributed by atoms with Gasteiger partial charge in [-0.1, -0.05) is 20.8 Å². The molecule has 0 spiro atoms. The van der Waals surface area contributed by atoms with Crippen LogP contribution in [0.5, 0.6) is 0 Å². The highest BCUT2D eigenvalue weighted by Crippen LogP contribution is 2.08. The summed E-state index contributed by atoms with van der Waals surface area (Å²) in [4.78, 5) is 25.1. The number of carbonyl (C=O) groups is 2. The van der Waals surface area contributed by atoms with Crippen LogP contribution in [-0.4, -0.2) is 54.4 Å². The van der Waals surface area contributed by atoms with E-state index in [9.17, 15) is 9.59 Å². The number of hydrogen-bond acceptors (Lipinski definition) is 3. The van der Waals surface area contributed by atoms with E-state index in [1.54, 1.807) is 12.0 Å². The van der Waals surface area contributed by atoms with Gasteiger partial charge in [-0.05, 0) is 25.7 Å². The Bertz CT molecular complexity index is 308. The minimum Gasteiger partial charge on any atom is -0.480 e. The molecule has 0 aliphatic rings. The molecule has 0 saturated carbocycles. The molecule has 0 aromatic carbocycles. The second kappa shape index (κ2) is 9.58. The Labute approximate surface area is 121 Å². The summed E-state index contributed by atoms with van der Waals surface area (Å²) >= 11 is 0. The zero-order valence-electron chi connectivity index (χ0n) is 13.2. The lowest BCUT2D eigenvalue weighted by molar-refractivity contribution is -0.139. The number of rotatable bonds is 9. The molecule has 0 rings (SSSR count). The first kappa shape index (κ1) is 18.7. The minimum absolute atomic E-state index is 0.0404. The minimum atomic E-state index is -0.997. The maximum Gasteiger partial charge on any atom is 0.326 e. The van der Waals surface area contributed by atoms with Crippen LogP contribution in [0.15, 0.2) is 0 Å². The lowest BCUT2D eigenvalue weighted by atomic mass is 10.0. The summed E-state index contributed by atoms with van der Waals surface area (Å²) in [5.41, 5.74) is 0. The maximum atomic E-state index is 12.2. The SMILES string of the molecule is CCC(C)N(CCOC)C(=O)N[C@@H](CC(C)C)C(=O)O. The summed E-state index contributed by atoms with van der Waals surface area (Å²) in [5.74, 6) is -0.796. The van der Waals surface area contributed by atoms with Crippen molar-refractivity contribution in [2.45, 2.75) is 52.6 Å². The highest BCUT2D eigenvalue weighted by molar-refractivity contribution is 5.82. The van der Waals surface area contributed by atoms with Crippen LogP contribution in [0.2, 0.25) is 0 Å². The highest BCUT2D eigenvalue weighted by Gasteiger charge is 2.25. The van der Waals surface area contributed by atoms with E-state index in [0.29, 0.717) is 19.6 Å². The molecule has 20 heavy (non-hydrogen) atoms. The third kappa shape index (κ3) is 6.75. The van der Waals surface area contributed by atoms with Gasteiger partial charge in [-0.15, -0.1) is 0 Å². The molecular formula is C14H28N2O4. The van der Waals surface area contributed by atoms with Crippen LogP contribution in [0.4, 0.5) is 4.79 Å². The van der Waals surface area contributed by atoms with Gasteiger partial charge in [0.25, 0.3) is 0 Å². The van der Waals surface area contributed by atoms with Crippen LogP contribution in [0.3, 0.4) is 0 Å². The molecule has 0 heterocycles. The monoisotopic (exact) mass is 288 g/mol. The molecule has 0 aliphatic heterocycles. The zero-order chi connectivity index (χ0) is 15.7. The Kier molecular flexibility index (Phi) is 8.96. The number of nitrogens with one attached hydrogen (secondary N) is 1. The summed E-state index contributed by atoms with van der Waals surface area (Å²) in [5, 5.41) is 11.8. The third-order valence-electron chi connectivity index (χ3n) is 3.22. The van der Waals surface area contributed by atoms with E-state index in [4.69, 9.17) is 9.84 Å². The number of amides is 2. The quantitative estimate of drug-likeness (QED) is 0.679. The zero-order valence-corrected chi connectivity index (χ0v) is 13.2. The average Bonchev–Trinajstić information content (AvgIpc) is 2.37. The van der Waals surface area contributed by atoms with E-state index in [0.717, 1.165) is 6.42 Å². The Morgan fingerprint density at radius 1 is 1.30 bits per heavy atom. The summed E-state index contributed by atoms with van der Waals surface area (Å²) in [6, 6.07) is -1.15. The fraction of sp³-hybridized carbons (Fsp3) is 0.857. The van der Waals surface area contributed by atoms with Gasteiger partial charge in [0.05, 0.1) is 6.61 Å². The molecule has 0 radical (unpaired) electrons. The molecule has 6 nitrogen and oxygen atoms in total. The third-order valence-corrected chi connectivity index (χ3v) is 3.22. The molecule has 2 amide bonds. The van der Waals surface area contributed by atoms with Gasteiger partial charge in [-0.25, -0.2) is 9.59 Å². The van der Waals surface area contributed by atoms with E-state index in [1.807, 2.05) is 27.7 Å². The second-order valence-electron chi connectivity index (χ2n) is 5.41. The van der Waals surface area contributed by atoms with Gasteiger partial charge in [0, 0.05) is 19.7 Å².